The van der Waals surface area contributed by atoms with E-state index in [0.29, 0.717) is 6.42 Å². The predicted octanol–water partition coefficient (Wildman–Crippen LogP) is 4.65. The van der Waals surface area contributed by atoms with E-state index in [9.17, 15) is 4.79 Å². The number of nitrogens with zero attached hydrogens (tertiary/aromatic N) is 2. The fourth-order valence-corrected chi connectivity index (χ4v) is 3.19. The van der Waals surface area contributed by atoms with Gasteiger partial charge >= 0.3 is 0 Å². The maximum atomic E-state index is 12.4. The third kappa shape index (κ3) is 4.45. The van der Waals surface area contributed by atoms with Crippen molar-refractivity contribution in [3.05, 3.63) is 71.2 Å². The third-order valence-corrected chi connectivity index (χ3v) is 4.82. The number of nitrogens with one attached hydrogen (secondary N) is 1. The van der Waals surface area contributed by atoms with Crippen LogP contribution in [0.5, 0.6) is 0 Å². The molecule has 128 valence electrons. The minimum atomic E-state index is 0.0235. The molecular formula is C20H21N3OS. The molecule has 4 nitrogen and oxygen atoms in total. The Balaban J connectivity index is 1.62. The average Bonchev–Trinajstić information content (AvgIpc) is 3.09. The molecule has 25 heavy (non-hydrogen) atoms. The van der Waals surface area contributed by atoms with E-state index < -0.39 is 0 Å². The Kier molecular flexibility index (Phi) is 5.46. The van der Waals surface area contributed by atoms with Crippen molar-refractivity contribution in [1.29, 1.82) is 0 Å². The number of amides is 1. The van der Waals surface area contributed by atoms with Crippen LogP contribution in [0.1, 0.15) is 18.2 Å². The van der Waals surface area contributed by atoms with Gasteiger partial charge in [0, 0.05) is 23.8 Å². The molecule has 3 aromatic rings. The van der Waals surface area contributed by atoms with E-state index in [2.05, 4.69) is 29.4 Å². The van der Waals surface area contributed by atoms with Crippen molar-refractivity contribution in [1.82, 2.24) is 4.98 Å². The van der Waals surface area contributed by atoms with Crippen LogP contribution in [0.4, 0.5) is 16.5 Å². The van der Waals surface area contributed by atoms with E-state index in [0.717, 1.165) is 28.6 Å². The number of anilines is 3. The minimum absolute atomic E-state index is 0.0235. The molecule has 1 heterocycles. The fourth-order valence-electron chi connectivity index (χ4n) is 2.46. The van der Waals surface area contributed by atoms with Crippen LogP contribution in [0.3, 0.4) is 0 Å². The molecule has 0 aliphatic carbocycles. The van der Waals surface area contributed by atoms with Gasteiger partial charge in [-0.15, -0.1) is 11.3 Å². The molecule has 0 saturated heterocycles. The topological polar surface area (TPSA) is 45.2 Å². The number of hydrogen-bond acceptors (Lipinski definition) is 4. The predicted molar refractivity (Wildman–Crippen MR) is 105 cm³/mol. The summed E-state index contributed by atoms with van der Waals surface area (Å²) in [6.07, 6.45) is 1.32. The van der Waals surface area contributed by atoms with Crippen molar-refractivity contribution in [2.24, 2.45) is 0 Å². The maximum absolute atomic E-state index is 12.4. The highest BCUT2D eigenvalue weighted by molar-refractivity contribution is 7.13. The first-order chi connectivity index (χ1) is 12.2. The molecule has 0 unspecified atom stereocenters. The van der Waals surface area contributed by atoms with Crippen LogP contribution in [0.15, 0.2) is 60.0 Å². The summed E-state index contributed by atoms with van der Waals surface area (Å²) in [5.74, 6) is 0.0235. The molecule has 1 aromatic heterocycles. The Hall–Kier alpha value is -2.66. The summed E-state index contributed by atoms with van der Waals surface area (Å²) in [6.45, 7) is 2.14. The molecule has 0 aliphatic rings. The molecule has 0 bridgehead atoms. The fraction of sp³-hybridized carbons (Fsp3) is 0.200. The van der Waals surface area contributed by atoms with E-state index >= 15 is 0 Å². The second-order valence-corrected chi connectivity index (χ2v) is 6.64. The minimum Gasteiger partial charge on any atom is -0.332 e. The van der Waals surface area contributed by atoms with E-state index in [-0.39, 0.29) is 5.91 Å². The number of rotatable bonds is 6. The van der Waals surface area contributed by atoms with Crippen LogP contribution in [-0.2, 0) is 17.6 Å². The summed E-state index contributed by atoms with van der Waals surface area (Å²) < 4.78 is 0. The lowest BCUT2D eigenvalue weighted by Gasteiger charge is -2.16. The van der Waals surface area contributed by atoms with Crippen molar-refractivity contribution in [3.63, 3.8) is 0 Å². The van der Waals surface area contributed by atoms with Crippen LogP contribution in [0.2, 0.25) is 0 Å². The van der Waals surface area contributed by atoms with Gasteiger partial charge in [0.15, 0.2) is 5.13 Å². The number of para-hydroxylation sites is 1. The quantitative estimate of drug-likeness (QED) is 0.703. The van der Waals surface area contributed by atoms with Crippen LogP contribution in [-0.4, -0.2) is 17.9 Å². The zero-order valence-corrected chi connectivity index (χ0v) is 15.2. The summed E-state index contributed by atoms with van der Waals surface area (Å²) in [6, 6.07) is 17.9. The molecule has 1 N–H and O–H groups in total. The second kappa shape index (κ2) is 7.94. The normalized spacial score (nSPS) is 10.5. The summed E-state index contributed by atoms with van der Waals surface area (Å²) in [4.78, 5) is 18.6. The zero-order valence-electron chi connectivity index (χ0n) is 14.4. The van der Waals surface area contributed by atoms with E-state index in [1.165, 1.54) is 16.9 Å². The molecule has 0 atom stereocenters. The molecule has 0 radical (unpaired) electrons. The summed E-state index contributed by atoms with van der Waals surface area (Å²) in [7, 11) is 1.79. The Bertz CT molecular complexity index is 828. The Morgan fingerprint density at radius 1 is 1.12 bits per heavy atom. The average molecular weight is 351 g/mol. The summed E-state index contributed by atoms with van der Waals surface area (Å²) in [5, 5.41) is 6.02. The number of benzene rings is 2. The van der Waals surface area contributed by atoms with Crippen LogP contribution in [0, 0.1) is 0 Å². The maximum Gasteiger partial charge on any atom is 0.232 e. The molecule has 2 aromatic carbocycles. The van der Waals surface area contributed by atoms with E-state index in [1.807, 2.05) is 47.8 Å². The van der Waals surface area contributed by atoms with Crippen LogP contribution < -0.4 is 10.2 Å². The number of likely N-dealkylation sites (N-methyl/N-ethyl adjacent to an activating group) is 1. The lowest BCUT2D eigenvalue weighted by Crippen LogP contribution is -2.27. The number of carbonyl (C=O) groups is 1. The molecular weight excluding hydrogens is 330 g/mol. The standard InChI is InChI=1S/C20H21N3OS/c1-3-15-9-11-16(12-10-15)21-20-22-17(14-25-20)13-19(24)23(2)18-7-5-4-6-8-18/h4-12,14H,3,13H2,1-2H3,(H,21,22). The van der Waals surface area contributed by atoms with Crippen LogP contribution in [0.25, 0.3) is 0 Å². The first kappa shape index (κ1) is 17.2. The van der Waals surface area contributed by atoms with Gasteiger partial charge in [-0.1, -0.05) is 37.3 Å². The van der Waals surface area contributed by atoms with Crippen molar-refractivity contribution in [2.75, 3.05) is 17.3 Å². The number of aromatic nitrogens is 1. The van der Waals surface area contributed by atoms with Gasteiger partial charge in [0.2, 0.25) is 5.91 Å². The van der Waals surface area contributed by atoms with Crippen LogP contribution >= 0.6 is 11.3 Å². The van der Waals surface area contributed by atoms with Crippen molar-refractivity contribution in [2.45, 2.75) is 19.8 Å². The van der Waals surface area contributed by atoms with Gasteiger partial charge in [-0.3, -0.25) is 4.79 Å². The Morgan fingerprint density at radius 2 is 1.84 bits per heavy atom. The molecule has 0 spiro atoms. The van der Waals surface area contributed by atoms with Crippen molar-refractivity contribution >= 4 is 33.8 Å². The molecule has 5 heteroatoms. The second-order valence-electron chi connectivity index (χ2n) is 5.78. The summed E-state index contributed by atoms with van der Waals surface area (Å²) >= 11 is 1.51. The number of aryl methyl sites for hydroxylation is 1. The lowest BCUT2D eigenvalue weighted by atomic mass is 10.1. The van der Waals surface area contributed by atoms with E-state index in [1.54, 1.807) is 11.9 Å². The smallest absolute Gasteiger partial charge is 0.232 e. The van der Waals surface area contributed by atoms with Gasteiger partial charge in [-0.25, -0.2) is 4.98 Å². The highest BCUT2D eigenvalue weighted by Crippen LogP contribution is 2.22. The highest BCUT2D eigenvalue weighted by Gasteiger charge is 2.13. The Labute approximate surface area is 152 Å². The largest absolute Gasteiger partial charge is 0.332 e. The first-order valence-electron chi connectivity index (χ1n) is 8.27. The molecule has 1 amide bonds. The monoisotopic (exact) mass is 351 g/mol. The van der Waals surface area contributed by atoms with Crippen molar-refractivity contribution in [3.8, 4) is 0 Å². The van der Waals surface area contributed by atoms with Gasteiger partial charge < -0.3 is 10.2 Å². The number of hydrogen-bond donors (Lipinski definition) is 1. The zero-order chi connectivity index (χ0) is 17.6. The highest BCUT2D eigenvalue weighted by atomic mass is 32.1. The molecule has 0 saturated carbocycles. The van der Waals surface area contributed by atoms with Gasteiger partial charge in [-0.05, 0) is 36.2 Å². The molecule has 3 rings (SSSR count). The van der Waals surface area contributed by atoms with Gasteiger partial charge in [0.25, 0.3) is 0 Å². The molecule has 0 aliphatic heterocycles. The first-order valence-corrected chi connectivity index (χ1v) is 9.15. The Morgan fingerprint density at radius 3 is 2.52 bits per heavy atom. The van der Waals surface area contributed by atoms with E-state index in [4.69, 9.17) is 0 Å². The summed E-state index contributed by atoms with van der Waals surface area (Å²) in [5.41, 5.74) is 3.98. The lowest BCUT2D eigenvalue weighted by molar-refractivity contribution is -0.117. The van der Waals surface area contributed by atoms with Gasteiger partial charge in [-0.2, -0.15) is 0 Å². The van der Waals surface area contributed by atoms with Gasteiger partial charge in [0.05, 0.1) is 12.1 Å². The number of thiazole rings is 1. The van der Waals surface area contributed by atoms with Gasteiger partial charge in [0.1, 0.15) is 0 Å². The molecule has 0 fully saturated rings. The van der Waals surface area contributed by atoms with Crippen molar-refractivity contribution < 1.29 is 4.79 Å². The SMILES string of the molecule is CCc1ccc(Nc2nc(CC(=O)N(C)c3ccccc3)cs2)cc1. The third-order valence-electron chi connectivity index (χ3n) is 4.02. The number of carbonyl (C=O) groups excluding carboxylic acids is 1.